The molecule has 0 aromatic heterocycles. The lowest BCUT2D eigenvalue weighted by molar-refractivity contribution is 0.269. The highest BCUT2D eigenvalue weighted by Crippen LogP contribution is 2.20. The van der Waals surface area contributed by atoms with Gasteiger partial charge in [-0.3, -0.25) is 4.90 Å². The zero-order valence-corrected chi connectivity index (χ0v) is 10.3. The van der Waals surface area contributed by atoms with Crippen molar-refractivity contribution < 1.29 is 0 Å². The van der Waals surface area contributed by atoms with Crippen LogP contribution in [0.1, 0.15) is 18.5 Å². The fraction of sp³-hybridized carbons (Fsp3) is 0.455. The van der Waals surface area contributed by atoms with Crippen LogP contribution >= 0.6 is 15.9 Å². The van der Waals surface area contributed by atoms with Gasteiger partial charge in [-0.2, -0.15) is 0 Å². The quantitative estimate of drug-likeness (QED) is 0.897. The van der Waals surface area contributed by atoms with Crippen LogP contribution < -0.4 is 5.73 Å². The van der Waals surface area contributed by atoms with E-state index < -0.39 is 0 Å². The minimum Gasteiger partial charge on any atom is -0.329 e. The third-order valence-corrected chi connectivity index (χ3v) is 3.02. The maximum Gasteiger partial charge on any atom is 0.0317 e. The summed E-state index contributed by atoms with van der Waals surface area (Å²) in [7, 11) is 2.10. The molecule has 1 aromatic rings. The van der Waals surface area contributed by atoms with Gasteiger partial charge in [-0.05, 0) is 31.7 Å². The van der Waals surface area contributed by atoms with Crippen LogP contribution in [0.5, 0.6) is 0 Å². The molecule has 2 N–H and O–H groups in total. The maximum atomic E-state index is 5.52. The predicted molar refractivity (Wildman–Crippen MR) is 64.2 cm³/mol. The van der Waals surface area contributed by atoms with E-state index >= 15 is 0 Å². The highest BCUT2D eigenvalue weighted by atomic mass is 79.9. The molecule has 14 heavy (non-hydrogen) atoms. The summed E-state index contributed by atoms with van der Waals surface area (Å²) in [6, 6.07) is 8.85. The topological polar surface area (TPSA) is 29.3 Å². The van der Waals surface area contributed by atoms with E-state index in [-0.39, 0.29) is 0 Å². The number of likely N-dealkylation sites (N-methyl/N-ethyl adjacent to an activating group) is 1. The van der Waals surface area contributed by atoms with Gasteiger partial charge in [-0.1, -0.05) is 28.1 Å². The molecule has 1 atom stereocenters. The summed E-state index contributed by atoms with van der Waals surface area (Å²) in [6.07, 6.45) is 0. The highest BCUT2D eigenvalue weighted by molar-refractivity contribution is 9.10. The van der Waals surface area contributed by atoms with Crippen molar-refractivity contribution in [2.75, 3.05) is 20.1 Å². The minimum absolute atomic E-state index is 0.423. The Morgan fingerprint density at radius 3 is 2.43 bits per heavy atom. The number of benzene rings is 1. The molecule has 2 nitrogen and oxygen atoms in total. The summed E-state index contributed by atoms with van der Waals surface area (Å²) < 4.78 is 1.12. The van der Waals surface area contributed by atoms with Crippen LogP contribution in [0.3, 0.4) is 0 Å². The van der Waals surface area contributed by atoms with Crippen molar-refractivity contribution in [2.45, 2.75) is 13.0 Å². The Bertz CT molecular complexity index is 271. The van der Waals surface area contributed by atoms with Gasteiger partial charge < -0.3 is 5.73 Å². The standard InChI is InChI=1S/C11H17BrN2/c1-9(14(2)8-7-13)10-3-5-11(12)6-4-10/h3-6,9H,7-8,13H2,1-2H3. The van der Waals surface area contributed by atoms with Crippen molar-refractivity contribution in [3.05, 3.63) is 34.3 Å². The second kappa shape index (κ2) is 5.49. The monoisotopic (exact) mass is 256 g/mol. The van der Waals surface area contributed by atoms with Crippen LogP contribution in [0.2, 0.25) is 0 Å². The summed E-state index contributed by atoms with van der Waals surface area (Å²) in [5.74, 6) is 0. The summed E-state index contributed by atoms with van der Waals surface area (Å²) in [5, 5.41) is 0. The Balaban J connectivity index is 2.68. The molecule has 1 aromatic carbocycles. The number of nitrogens with zero attached hydrogens (tertiary/aromatic N) is 1. The van der Waals surface area contributed by atoms with Crippen molar-refractivity contribution >= 4 is 15.9 Å². The first-order valence-electron chi connectivity index (χ1n) is 4.81. The molecule has 0 saturated heterocycles. The van der Waals surface area contributed by atoms with Gasteiger partial charge in [0, 0.05) is 23.6 Å². The van der Waals surface area contributed by atoms with Crippen LogP contribution in [0.4, 0.5) is 0 Å². The second-order valence-electron chi connectivity index (χ2n) is 3.50. The van der Waals surface area contributed by atoms with E-state index in [9.17, 15) is 0 Å². The van der Waals surface area contributed by atoms with Crippen LogP contribution in [-0.4, -0.2) is 25.0 Å². The van der Waals surface area contributed by atoms with Crippen LogP contribution in [0, 0.1) is 0 Å². The number of rotatable bonds is 4. The molecule has 0 spiro atoms. The lowest BCUT2D eigenvalue weighted by Crippen LogP contribution is -2.28. The van der Waals surface area contributed by atoms with Gasteiger partial charge in [0.15, 0.2) is 0 Å². The number of hydrogen-bond donors (Lipinski definition) is 1. The zero-order chi connectivity index (χ0) is 10.6. The summed E-state index contributed by atoms with van der Waals surface area (Å²) in [4.78, 5) is 2.25. The molecule has 0 radical (unpaired) electrons. The van der Waals surface area contributed by atoms with Gasteiger partial charge in [0.2, 0.25) is 0 Å². The zero-order valence-electron chi connectivity index (χ0n) is 8.70. The first-order chi connectivity index (χ1) is 6.65. The molecule has 0 saturated carbocycles. The first-order valence-corrected chi connectivity index (χ1v) is 5.60. The SMILES string of the molecule is CC(c1ccc(Br)cc1)N(C)CCN. The molecular weight excluding hydrogens is 240 g/mol. The third-order valence-electron chi connectivity index (χ3n) is 2.50. The van der Waals surface area contributed by atoms with E-state index in [4.69, 9.17) is 5.73 Å². The maximum absolute atomic E-state index is 5.52. The number of halogens is 1. The summed E-state index contributed by atoms with van der Waals surface area (Å²) >= 11 is 3.43. The van der Waals surface area contributed by atoms with Gasteiger partial charge in [-0.25, -0.2) is 0 Å². The fourth-order valence-electron chi connectivity index (χ4n) is 1.39. The van der Waals surface area contributed by atoms with Gasteiger partial charge >= 0.3 is 0 Å². The lowest BCUT2D eigenvalue weighted by atomic mass is 10.1. The molecule has 0 heterocycles. The average molecular weight is 257 g/mol. The van der Waals surface area contributed by atoms with Crippen molar-refractivity contribution in [1.29, 1.82) is 0 Å². The van der Waals surface area contributed by atoms with E-state index in [1.165, 1.54) is 5.56 Å². The van der Waals surface area contributed by atoms with Gasteiger partial charge in [0.05, 0.1) is 0 Å². The minimum atomic E-state index is 0.423. The molecule has 0 aliphatic carbocycles. The molecule has 1 rings (SSSR count). The Kier molecular flexibility index (Phi) is 4.58. The van der Waals surface area contributed by atoms with E-state index in [1.54, 1.807) is 0 Å². The van der Waals surface area contributed by atoms with Crippen molar-refractivity contribution in [3.8, 4) is 0 Å². The lowest BCUT2D eigenvalue weighted by Gasteiger charge is -2.24. The highest BCUT2D eigenvalue weighted by Gasteiger charge is 2.09. The summed E-state index contributed by atoms with van der Waals surface area (Å²) in [6.45, 7) is 3.83. The normalized spacial score (nSPS) is 13.2. The second-order valence-corrected chi connectivity index (χ2v) is 4.41. The van der Waals surface area contributed by atoms with Gasteiger partial charge in [0.25, 0.3) is 0 Å². The van der Waals surface area contributed by atoms with Crippen molar-refractivity contribution in [3.63, 3.8) is 0 Å². The average Bonchev–Trinajstić information content (AvgIpc) is 2.18. The Morgan fingerprint density at radius 2 is 1.93 bits per heavy atom. The fourth-order valence-corrected chi connectivity index (χ4v) is 1.66. The van der Waals surface area contributed by atoms with E-state index in [0.29, 0.717) is 12.6 Å². The predicted octanol–water partition coefficient (Wildman–Crippen LogP) is 2.40. The van der Waals surface area contributed by atoms with E-state index in [1.807, 2.05) is 0 Å². The molecule has 78 valence electrons. The number of hydrogen-bond acceptors (Lipinski definition) is 2. The Morgan fingerprint density at radius 1 is 1.36 bits per heavy atom. The summed E-state index contributed by atoms with van der Waals surface area (Å²) in [5.41, 5.74) is 6.84. The van der Waals surface area contributed by atoms with E-state index in [0.717, 1.165) is 11.0 Å². The number of nitrogens with two attached hydrogens (primary N) is 1. The van der Waals surface area contributed by atoms with Crippen LogP contribution in [0.25, 0.3) is 0 Å². The first kappa shape index (κ1) is 11.7. The third kappa shape index (κ3) is 3.08. The van der Waals surface area contributed by atoms with E-state index in [2.05, 4.69) is 59.1 Å². The molecule has 1 unspecified atom stereocenters. The molecule has 0 aliphatic heterocycles. The molecule has 3 heteroatoms. The van der Waals surface area contributed by atoms with Gasteiger partial charge in [-0.15, -0.1) is 0 Å². The molecule has 0 aliphatic rings. The molecule has 0 amide bonds. The van der Waals surface area contributed by atoms with Crippen LogP contribution in [0.15, 0.2) is 28.7 Å². The molecule has 0 fully saturated rings. The molecule has 0 bridgehead atoms. The van der Waals surface area contributed by atoms with Crippen molar-refractivity contribution in [1.82, 2.24) is 4.90 Å². The largest absolute Gasteiger partial charge is 0.329 e. The van der Waals surface area contributed by atoms with Crippen LogP contribution in [-0.2, 0) is 0 Å². The Labute approximate surface area is 94.2 Å². The van der Waals surface area contributed by atoms with Gasteiger partial charge in [0.1, 0.15) is 0 Å². The molecular formula is C11H17BrN2. The Hall–Kier alpha value is -0.380. The smallest absolute Gasteiger partial charge is 0.0317 e. The van der Waals surface area contributed by atoms with Crippen molar-refractivity contribution in [2.24, 2.45) is 5.73 Å².